The minimum atomic E-state index is 0.182. The molecule has 0 aromatic heterocycles. The molecular weight excluding hydrogens is 234 g/mol. The van der Waals surface area contributed by atoms with Gasteiger partial charge in [-0.3, -0.25) is 4.79 Å². The van der Waals surface area contributed by atoms with Gasteiger partial charge in [0.25, 0.3) is 0 Å². The molecule has 2 N–H and O–H groups in total. The summed E-state index contributed by atoms with van der Waals surface area (Å²) in [6, 6.07) is 0.227. The fraction of sp³-hybridized carbons (Fsp3) is 0.923. The van der Waals surface area contributed by atoms with Crippen molar-refractivity contribution in [2.45, 2.75) is 44.6 Å². The van der Waals surface area contributed by atoms with Crippen molar-refractivity contribution >= 4 is 17.7 Å². The number of carbonyl (C=O) groups excluding carboxylic acids is 1. The smallest absolute Gasteiger partial charge is 0.220 e. The standard InChI is InChI=1S/C13H23NO2S/c15-6-3-12(11-1-2-11)14-13(16)9-10-4-7-17-8-5-10/h10-12,15H,1-9H2,(H,14,16). The lowest BCUT2D eigenvalue weighted by molar-refractivity contribution is -0.123. The van der Waals surface area contributed by atoms with E-state index < -0.39 is 0 Å². The zero-order chi connectivity index (χ0) is 12.1. The van der Waals surface area contributed by atoms with E-state index in [9.17, 15) is 4.79 Å². The van der Waals surface area contributed by atoms with E-state index in [0.29, 0.717) is 18.3 Å². The maximum absolute atomic E-state index is 11.9. The molecule has 1 aliphatic carbocycles. The van der Waals surface area contributed by atoms with Gasteiger partial charge in [-0.25, -0.2) is 0 Å². The van der Waals surface area contributed by atoms with Crippen LogP contribution in [0.1, 0.15) is 38.5 Å². The predicted octanol–water partition coefficient (Wildman–Crippen LogP) is 1.80. The SMILES string of the molecule is O=C(CC1CCSCC1)NC(CCO)C1CC1. The Kier molecular flexibility index (Phi) is 5.16. The number of carbonyl (C=O) groups is 1. The molecule has 2 fully saturated rings. The Balaban J connectivity index is 1.70. The molecule has 1 atom stereocenters. The molecule has 1 aliphatic heterocycles. The molecule has 2 aliphatic rings. The summed E-state index contributed by atoms with van der Waals surface area (Å²) in [5, 5.41) is 12.1. The summed E-state index contributed by atoms with van der Waals surface area (Å²) in [7, 11) is 0. The first-order valence-electron chi connectivity index (χ1n) is 6.77. The quantitative estimate of drug-likeness (QED) is 0.763. The summed E-state index contributed by atoms with van der Waals surface area (Å²) >= 11 is 2.00. The van der Waals surface area contributed by atoms with Gasteiger partial charge in [0.2, 0.25) is 5.91 Å². The third kappa shape index (κ3) is 4.51. The fourth-order valence-electron chi connectivity index (χ4n) is 2.54. The monoisotopic (exact) mass is 257 g/mol. The minimum Gasteiger partial charge on any atom is -0.396 e. The summed E-state index contributed by atoms with van der Waals surface area (Å²) in [6.07, 6.45) is 6.21. The lowest BCUT2D eigenvalue weighted by Gasteiger charge is -2.23. The van der Waals surface area contributed by atoms with Crippen LogP contribution < -0.4 is 5.32 Å². The van der Waals surface area contributed by atoms with Gasteiger partial charge in [-0.05, 0) is 55.4 Å². The highest BCUT2D eigenvalue weighted by Crippen LogP contribution is 2.34. The molecule has 1 unspecified atom stereocenters. The topological polar surface area (TPSA) is 49.3 Å². The summed E-state index contributed by atoms with van der Waals surface area (Å²) in [6.45, 7) is 0.182. The van der Waals surface area contributed by atoms with Crippen LogP contribution in [0.5, 0.6) is 0 Å². The van der Waals surface area contributed by atoms with Crippen molar-refractivity contribution in [3.63, 3.8) is 0 Å². The average molecular weight is 257 g/mol. The molecule has 0 radical (unpaired) electrons. The van der Waals surface area contributed by atoms with E-state index in [1.165, 1.54) is 37.2 Å². The van der Waals surface area contributed by atoms with Gasteiger partial charge in [0, 0.05) is 19.1 Å². The van der Waals surface area contributed by atoms with Crippen LogP contribution in [0, 0.1) is 11.8 Å². The molecule has 0 aromatic carbocycles. The van der Waals surface area contributed by atoms with Gasteiger partial charge in [0.15, 0.2) is 0 Å². The minimum absolute atomic E-state index is 0.182. The van der Waals surface area contributed by atoms with Crippen LogP contribution in [-0.2, 0) is 4.79 Å². The summed E-state index contributed by atoms with van der Waals surface area (Å²) in [4.78, 5) is 11.9. The molecule has 17 heavy (non-hydrogen) atoms. The second kappa shape index (κ2) is 6.64. The molecule has 1 amide bonds. The Labute approximate surface area is 108 Å². The van der Waals surface area contributed by atoms with Crippen LogP contribution in [0.4, 0.5) is 0 Å². The molecule has 0 bridgehead atoms. The Hall–Kier alpha value is -0.220. The Morgan fingerprint density at radius 3 is 2.59 bits per heavy atom. The van der Waals surface area contributed by atoms with Crippen molar-refractivity contribution in [1.82, 2.24) is 5.32 Å². The van der Waals surface area contributed by atoms with E-state index in [2.05, 4.69) is 5.32 Å². The molecule has 4 heteroatoms. The van der Waals surface area contributed by atoms with E-state index in [4.69, 9.17) is 5.11 Å². The van der Waals surface area contributed by atoms with Crippen LogP contribution in [0.25, 0.3) is 0 Å². The van der Waals surface area contributed by atoms with Gasteiger partial charge >= 0.3 is 0 Å². The van der Waals surface area contributed by atoms with Gasteiger partial charge in [-0.1, -0.05) is 0 Å². The van der Waals surface area contributed by atoms with E-state index >= 15 is 0 Å². The van der Waals surface area contributed by atoms with E-state index in [0.717, 1.165) is 6.42 Å². The molecule has 98 valence electrons. The highest BCUT2D eigenvalue weighted by atomic mass is 32.2. The number of hydrogen-bond acceptors (Lipinski definition) is 3. The van der Waals surface area contributed by atoms with Crippen LogP contribution >= 0.6 is 11.8 Å². The number of hydrogen-bond donors (Lipinski definition) is 2. The van der Waals surface area contributed by atoms with Crippen LogP contribution in [-0.4, -0.2) is 35.2 Å². The predicted molar refractivity (Wildman–Crippen MR) is 71.0 cm³/mol. The van der Waals surface area contributed by atoms with Crippen molar-refractivity contribution < 1.29 is 9.90 Å². The van der Waals surface area contributed by atoms with Crippen molar-refractivity contribution in [2.24, 2.45) is 11.8 Å². The molecule has 1 heterocycles. The fourth-order valence-corrected chi connectivity index (χ4v) is 3.75. The number of nitrogens with one attached hydrogen (secondary N) is 1. The third-order valence-electron chi connectivity index (χ3n) is 3.79. The van der Waals surface area contributed by atoms with Crippen LogP contribution in [0.15, 0.2) is 0 Å². The molecule has 0 spiro atoms. The zero-order valence-electron chi connectivity index (χ0n) is 10.4. The summed E-state index contributed by atoms with van der Waals surface area (Å²) in [5.74, 6) is 3.84. The normalized spacial score (nSPS) is 23.4. The zero-order valence-corrected chi connectivity index (χ0v) is 11.2. The highest BCUT2D eigenvalue weighted by molar-refractivity contribution is 7.99. The lowest BCUT2D eigenvalue weighted by Crippen LogP contribution is -2.38. The van der Waals surface area contributed by atoms with Crippen molar-refractivity contribution in [2.75, 3.05) is 18.1 Å². The average Bonchev–Trinajstić information content (AvgIpc) is 3.13. The molecule has 0 aromatic rings. The van der Waals surface area contributed by atoms with Gasteiger partial charge in [-0.2, -0.15) is 11.8 Å². The van der Waals surface area contributed by atoms with Gasteiger partial charge in [0.1, 0.15) is 0 Å². The van der Waals surface area contributed by atoms with E-state index in [1.807, 2.05) is 11.8 Å². The first kappa shape index (κ1) is 13.2. The number of aliphatic hydroxyl groups is 1. The first-order valence-corrected chi connectivity index (χ1v) is 7.93. The Morgan fingerprint density at radius 2 is 2.00 bits per heavy atom. The second-order valence-electron chi connectivity index (χ2n) is 5.28. The number of thioether (sulfide) groups is 1. The molecule has 2 rings (SSSR count). The van der Waals surface area contributed by atoms with Crippen molar-refractivity contribution in [3.8, 4) is 0 Å². The van der Waals surface area contributed by atoms with Crippen LogP contribution in [0.3, 0.4) is 0 Å². The summed E-state index contributed by atoms with van der Waals surface area (Å²) < 4.78 is 0. The number of aliphatic hydroxyl groups excluding tert-OH is 1. The molecular formula is C13H23NO2S. The van der Waals surface area contributed by atoms with E-state index in [-0.39, 0.29) is 18.6 Å². The maximum atomic E-state index is 11.9. The maximum Gasteiger partial charge on any atom is 0.220 e. The summed E-state index contributed by atoms with van der Waals surface area (Å²) in [5.41, 5.74) is 0. The molecule has 1 saturated heterocycles. The van der Waals surface area contributed by atoms with Gasteiger partial charge in [-0.15, -0.1) is 0 Å². The Bertz CT molecular complexity index is 250. The first-order chi connectivity index (χ1) is 8.29. The van der Waals surface area contributed by atoms with Crippen LogP contribution in [0.2, 0.25) is 0 Å². The second-order valence-corrected chi connectivity index (χ2v) is 6.51. The Morgan fingerprint density at radius 1 is 1.29 bits per heavy atom. The van der Waals surface area contributed by atoms with Gasteiger partial charge in [0.05, 0.1) is 0 Å². The third-order valence-corrected chi connectivity index (χ3v) is 4.84. The van der Waals surface area contributed by atoms with Crippen molar-refractivity contribution in [1.29, 1.82) is 0 Å². The molecule has 3 nitrogen and oxygen atoms in total. The molecule has 1 saturated carbocycles. The number of rotatable bonds is 6. The lowest BCUT2D eigenvalue weighted by atomic mass is 9.98. The van der Waals surface area contributed by atoms with Crippen molar-refractivity contribution in [3.05, 3.63) is 0 Å². The van der Waals surface area contributed by atoms with E-state index in [1.54, 1.807) is 0 Å². The highest BCUT2D eigenvalue weighted by Gasteiger charge is 2.32. The van der Waals surface area contributed by atoms with Gasteiger partial charge < -0.3 is 10.4 Å². The number of amides is 1. The largest absolute Gasteiger partial charge is 0.396 e.